The second-order valence-corrected chi connectivity index (χ2v) is 8.13. The first-order chi connectivity index (χ1) is 15.9. The van der Waals surface area contributed by atoms with Gasteiger partial charge in [-0.25, -0.2) is 4.98 Å². The molecule has 0 N–H and O–H groups in total. The normalized spacial score (nSPS) is 11.8. The van der Waals surface area contributed by atoms with Crippen molar-refractivity contribution in [1.82, 2.24) is 15.0 Å². The molecule has 4 aromatic carbocycles. The largest absolute Gasteiger partial charge is 0.254 e. The Bertz CT molecular complexity index is 1840. The van der Waals surface area contributed by atoms with Crippen LogP contribution in [0.4, 0.5) is 0 Å². The molecule has 0 aliphatic carbocycles. The Kier molecular flexibility index (Phi) is 3.55. The summed E-state index contributed by atoms with van der Waals surface area (Å²) in [5.41, 5.74) is 4.87. The molecule has 32 heavy (non-hydrogen) atoms. The third-order valence-corrected chi connectivity index (χ3v) is 6.30. The Morgan fingerprint density at radius 2 is 1.25 bits per heavy atom. The van der Waals surface area contributed by atoms with Crippen molar-refractivity contribution in [2.24, 2.45) is 0 Å². The van der Waals surface area contributed by atoms with Gasteiger partial charge in [-0.3, -0.25) is 9.97 Å². The first kappa shape index (κ1) is 17.3. The Balaban J connectivity index is 1.64. The summed E-state index contributed by atoms with van der Waals surface area (Å²) >= 11 is 0. The van der Waals surface area contributed by atoms with Gasteiger partial charge < -0.3 is 0 Å². The number of nitrogens with zero attached hydrogens (tertiary/aromatic N) is 3. The number of rotatable bonds is 1. The first-order valence-corrected chi connectivity index (χ1v) is 10.7. The van der Waals surface area contributed by atoms with Gasteiger partial charge in [0.2, 0.25) is 0 Å². The number of hydrogen-bond acceptors (Lipinski definition) is 3. The fraction of sp³-hybridized carbons (Fsp3) is 0. The van der Waals surface area contributed by atoms with Gasteiger partial charge in [0.15, 0.2) is 0 Å². The average molecular weight is 407 g/mol. The van der Waals surface area contributed by atoms with E-state index in [2.05, 4.69) is 89.9 Å². The fourth-order valence-corrected chi connectivity index (χ4v) is 4.76. The molecule has 0 amide bonds. The molecule has 0 spiro atoms. The predicted molar refractivity (Wildman–Crippen MR) is 133 cm³/mol. The molecule has 0 saturated carbocycles. The van der Waals surface area contributed by atoms with Crippen molar-refractivity contribution in [2.75, 3.05) is 0 Å². The van der Waals surface area contributed by atoms with Gasteiger partial charge >= 0.3 is 0 Å². The van der Waals surface area contributed by atoms with E-state index in [1.165, 1.54) is 10.8 Å². The number of hydrogen-bond donors (Lipinski definition) is 0. The van der Waals surface area contributed by atoms with Crippen molar-refractivity contribution in [3.63, 3.8) is 0 Å². The van der Waals surface area contributed by atoms with E-state index in [4.69, 9.17) is 9.97 Å². The van der Waals surface area contributed by atoms with Crippen LogP contribution in [0.2, 0.25) is 0 Å². The summed E-state index contributed by atoms with van der Waals surface area (Å²) < 4.78 is 0. The van der Waals surface area contributed by atoms with Crippen molar-refractivity contribution in [2.45, 2.75) is 0 Å². The van der Waals surface area contributed by atoms with Crippen molar-refractivity contribution in [3.8, 4) is 11.3 Å². The average Bonchev–Trinajstić information content (AvgIpc) is 2.87. The molecule has 0 aliphatic heterocycles. The lowest BCUT2D eigenvalue weighted by Gasteiger charge is -2.12. The number of aromatic nitrogens is 3. The zero-order chi connectivity index (χ0) is 21.1. The fourth-order valence-electron chi connectivity index (χ4n) is 4.76. The van der Waals surface area contributed by atoms with Crippen LogP contribution in [-0.2, 0) is 0 Å². The summed E-state index contributed by atoms with van der Waals surface area (Å²) in [4.78, 5) is 14.7. The first-order valence-electron chi connectivity index (χ1n) is 10.7. The number of pyridine rings is 3. The lowest BCUT2D eigenvalue weighted by atomic mass is 9.97. The standard InChI is InChI=1S/C29H17N3/c1-2-7-20-16-21(12-11-18(20)6-1)26-23-10-4-3-9-22(23)25-17-31-29-24(28(25)32-26)14-13-19-8-5-15-30-27(19)29/h1-17H. The summed E-state index contributed by atoms with van der Waals surface area (Å²) in [5.74, 6) is 0. The molecule has 0 radical (unpaired) electrons. The zero-order valence-corrected chi connectivity index (χ0v) is 17.2. The summed E-state index contributed by atoms with van der Waals surface area (Å²) in [6.45, 7) is 0. The lowest BCUT2D eigenvalue weighted by Crippen LogP contribution is -1.93. The molecule has 0 atom stereocenters. The van der Waals surface area contributed by atoms with E-state index in [0.29, 0.717) is 0 Å². The van der Waals surface area contributed by atoms with Gasteiger partial charge in [0.05, 0.1) is 22.2 Å². The zero-order valence-electron chi connectivity index (χ0n) is 17.2. The third-order valence-electron chi connectivity index (χ3n) is 6.30. The predicted octanol–water partition coefficient (Wildman–Crippen LogP) is 7.30. The van der Waals surface area contributed by atoms with Crippen LogP contribution in [-0.4, -0.2) is 15.0 Å². The van der Waals surface area contributed by atoms with Crippen LogP contribution in [0.3, 0.4) is 0 Å². The SMILES string of the molecule is c1ccc2cc(-c3nc4c(cnc5c4ccc4cccnc45)c4ccccc34)ccc2c1. The van der Waals surface area contributed by atoms with Gasteiger partial charge in [0, 0.05) is 39.5 Å². The van der Waals surface area contributed by atoms with E-state index >= 15 is 0 Å². The minimum absolute atomic E-state index is 0.892. The van der Waals surface area contributed by atoms with E-state index < -0.39 is 0 Å². The summed E-state index contributed by atoms with van der Waals surface area (Å²) in [7, 11) is 0. The van der Waals surface area contributed by atoms with Gasteiger partial charge in [-0.1, -0.05) is 72.8 Å². The molecule has 3 heteroatoms. The van der Waals surface area contributed by atoms with Crippen LogP contribution in [0.1, 0.15) is 0 Å². The maximum atomic E-state index is 5.25. The van der Waals surface area contributed by atoms with Gasteiger partial charge in [0.25, 0.3) is 0 Å². The van der Waals surface area contributed by atoms with Gasteiger partial charge in [-0.2, -0.15) is 0 Å². The minimum atomic E-state index is 0.892. The summed E-state index contributed by atoms with van der Waals surface area (Å²) in [6.07, 6.45) is 3.77. The van der Waals surface area contributed by atoms with Crippen LogP contribution in [0.15, 0.2) is 103 Å². The molecule has 3 nitrogen and oxygen atoms in total. The Morgan fingerprint density at radius 3 is 2.19 bits per heavy atom. The second-order valence-electron chi connectivity index (χ2n) is 8.13. The monoisotopic (exact) mass is 407 g/mol. The molecule has 0 aliphatic rings. The Morgan fingerprint density at radius 1 is 0.469 bits per heavy atom. The minimum Gasteiger partial charge on any atom is -0.254 e. The molecule has 7 aromatic rings. The highest BCUT2D eigenvalue weighted by Gasteiger charge is 2.14. The van der Waals surface area contributed by atoms with E-state index in [-0.39, 0.29) is 0 Å². The Labute approximate surface area is 184 Å². The van der Waals surface area contributed by atoms with Crippen LogP contribution in [0.5, 0.6) is 0 Å². The van der Waals surface area contributed by atoms with Gasteiger partial charge in [-0.05, 0) is 34.4 Å². The van der Waals surface area contributed by atoms with Crippen molar-refractivity contribution in [3.05, 3.63) is 103 Å². The highest BCUT2D eigenvalue weighted by atomic mass is 14.8. The van der Waals surface area contributed by atoms with Crippen LogP contribution < -0.4 is 0 Å². The summed E-state index contributed by atoms with van der Waals surface area (Å²) in [5, 5.41) is 7.92. The number of benzene rings is 4. The molecule has 0 bridgehead atoms. The van der Waals surface area contributed by atoms with Gasteiger partial charge in [0.1, 0.15) is 0 Å². The van der Waals surface area contributed by atoms with Crippen LogP contribution >= 0.6 is 0 Å². The molecule has 0 fully saturated rings. The van der Waals surface area contributed by atoms with E-state index in [0.717, 1.165) is 54.7 Å². The molecule has 7 rings (SSSR count). The van der Waals surface area contributed by atoms with E-state index in [1.807, 2.05) is 18.5 Å². The highest BCUT2D eigenvalue weighted by Crippen LogP contribution is 2.36. The van der Waals surface area contributed by atoms with Crippen molar-refractivity contribution in [1.29, 1.82) is 0 Å². The van der Waals surface area contributed by atoms with Crippen LogP contribution in [0, 0.1) is 0 Å². The number of fused-ring (bicyclic) bond motifs is 8. The van der Waals surface area contributed by atoms with E-state index in [9.17, 15) is 0 Å². The highest BCUT2D eigenvalue weighted by molar-refractivity contribution is 6.20. The topological polar surface area (TPSA) is 38.7 Å². The maximum Gasteiger partial charge on any atom is 0.0986 e. The molecule has 3 heterocycles. The second kappa shape index (κ2) is 6.56. The van der Waals surface area contributed by atoms with E-state index in [1.54, 1.807) is 0 Å². The Hall–Kier alpha value is -4.37. The molecule has 3 aromatic heterocycles. The van der Waals surface area contributed by atoms with Crippen molar-refractivity contribution >= 4 is 54.3 Å². The van der Waals surface area contributed by atoms with Crippen molar-refractivity contribution < 1.29 is 0 Å². The molecular formula is C29H17N3. The molecule has 0 saturated heterocycles. The molecule has 148 valence electrons. The molecular weight excluding hydrogens is 390 g/mol. The third kappa shape index (κ3) is 2.45. The van der Waals surface area contributed by atoms with Gasteiger partial charge in [-0.15, -0.1) is 0 Å². The maximum absolute atomic E-state index is 5.25. The smallest absolute Gasteiger partial charge is 0.0986 e. The van der Waals surface area contributed by atoms with Crippen LogP contribution in [0.25, 0.3) is 65.5 Å². The summed E-state index contributed by atoms with van der Waals surface area (Å²) in [6, 6.07) is 31.8. The quantitative estimate of drug-likeness (QED) is 0.268. The molecule has 0 unspecified atom stereocenters. The lowest BCUT2D eigenvalue weighted by molar-refractivity contribution is 1.37.